The number of phosphoric acid groups is 2. The molecule has 0 bridgehead atoms. The summed E-state index contributed by atoms with van der Waals surface area (Å²) in [6, 6.07) is 0. The number of rotatable bonds is 9. The van der Waals surface area contributed by atoms with E-state index < -0.39 is 46.7 Å². The quantitative estimate of drug-likeness (QED) is 0.293. The molecule has 0 rings (SSSR count). The fourth-order valence-corrected chi connectivity index (χ4v) is 1.48. The summed E-state index contributed by atoms with van der Waals surface area (Å²) in [5.74, 6) is -1.88. The van der Waals surface area contributed by atoms with E-state index in [1.54, 1.807) is 0 Å². The molecule has 0 spiro atoms. The van der Waals surface area contributed by atoms with Gasteiger partial charge in [0.25, 0.3) is 0 Å². The third-order valence-corrected chi connectivity index (χ3v) is 2.29. The highest BCUT2D eigenvalue weighted by Crippen LogP contribution is 2.38. The van der Waals surface area contributed by atoms with Crippen molar-refractivity contribution in [3.8, 4) is 0 Å². The number of hydrogen-bond acceptors (Lipinski definition) is 7. The molecule has 0 radical (unpaired) electrons. The molecule has 0 aromatic carbocycles. The van der Waals surface area contributed by atoms with E-state index in [1.165, 1.54) is 0 Å². The summed E-state index contributed by atoms with van der Waals surface area (Å²) in [7, 11) is -9.81. The van der Waals surface area contributed by atoms with Crippen LogP contribution in [0.25, 0.3) is 0 Å². The highest BCUT2D eigenvalue weighted by Gasteiger charge is 2.27. The lowest BCUT2D eigenvalue weighted by molar-refractivity contribution is -0.155. The van der Waals surface area contributed by atoms with E-state index in [0.717, 1.165) is 6.92 Å². The molecular weight excluding hydrogens is 310 g/mol. The lowest BCUT2D eigenvalue weighted by Crippen LogP contribution is -2.28. The summed E-state index contributed by atoms with van der Waals surface area (Å²) in [5, 5.41) is 0. The molecule has 0 aliphatic rings. The van der Waals surface area contributed by atoms with Crippen molar-refractivity contribution in [1.82, 2.24) is 0 Å². The molecule has 19 heavy (non-hydrogen) atoms. The fourth-order valence-electron chi connectivity index (χ4n) is 0.713. The largest absolute Gasteiger partial charge is 0.472 e. The summed E-state index contributed by atoms with van der Waals surface area (Å²) in [5.41, 5.74) is 0. The Hall–Kier alpha value is -0.480. The topological polar surface area (TPSA) is 177 Å². The van der Waals surface area contributed by atoms with Gasteiger partial charge in [0.2, 0.25) is 6.29 Å². The number of ether oxygens (including phenoxy) is 1. The predicted octanol–water partition coefficient (Wildman–Crippen LogP) is -1.29. The minimum absolute atomic E-state index is 0.885. The Morgan fingerprint density at radius 3 is 1.95 bits per heavy atom. The first kappa shape index (κ1) is 18.5. The molecule has 0 heterocycles. The summed E-state index contributed by atoms with van der Waals surface area (Å²) in [4.78, 5) is 55.4. The van der Waals surface area contributed by atoms with Gasteiger partial charge in [-0.15, -0.1) is 0 Å². The van der Waals surface area contributed by atoms with Crippen LogP contribution in [-0.2, 0) is 32.5 Å². The van der Waals surface area contributed by atoms with Gasteiger partial charge in [-0.25, -0.2) is 13.7 Å². The molecule has 1 atom stereocenters. The molecule has 0 saturated carbocycles. The Morgan fingerprint density at radius 1 is 1.05 bits per heavy atom. The molecule has 4 N–H and O–H groups in total. The van der Waals surface area contributed by atoms with Gasteiger partial charge >= 0.3 is 15.6 Å². The third-order valence-electron chi connectivity index (χ3n) is 1.35. The van der Waals surface area contributed by atoms with E-state index in [-0.39, 0.29) is 0 Å². The van der Waals surface area contributed by atoms with Gasteiger partial charge in [-0.3, -0.25) is 14.1 Å². The lowest BCUT2D eigenvalue weighted by Gasteiger charge is -2.15. The Balaban J connectivity index is 4.26. The van der Waals surface area contributed by atoms with Crippen molar-refractivity contribution in [1.29, 1.82) is 0 Å². The number of phosphoric ester groups is 2. The van der Waals surface area contributed by atoms with E-state index in [0.29, 0.717) is 0 Å². The molecular formula is C6H12O11P2. The molecule has 1 unspecified atom stereocenters. The summed E-state index contributed by atoms with van der Waals surface area (Å²) in [6.07, 6.45) is -1.97. The Kier molecular flexibility index (Phi) is 7.16. The second-order valence-electron chi connectivity index (χ2n) is 3.15. The Morgan fingerprint density at radius 2 is 1.58 bits per heavy atom. The molecule has 0 fully saturated rings. The minimum atomic E-state index is -4.99. The molecule has 13 heteroatoms. The highest BCUT2D eigenvalue weighted by molar-refractivity contribution is 7.46. The second kappa shape index (κ2) is 7.34. The summed E-state index contributed by atoms with van der Waals surface area (Å²) in [6.45, 7) is -0.980. The maximum atomic E-state index is 11.0. The molecule has 0 aliphatic carbocycles. The molecule has 0 saturated heterocycles. The number of ketones is 2. The van der Waals surface area contributed by atoms with Crippen LogP contribution >= 0.6 is 15.6 Å². The van der Waals surface area contributed by atoms with Gasteiger partial charge in [-0.2, -0.15) is 0 Å². The predicted molar refractivity (Wildman–Crippen MR) is 56.6 cm³/mol. The normalized spacial score (nSPS) is 14.2. The summed E-state index contributed by atoms with van der Waals surface area (Å²) < 4.78 is 33.0. The maximum Gasteiger partial charge on any atom is 0.472 e. The molecule has 112 valence electrons. The zero-order chi connectivity index (χ0) is 15.3. The monoisotopic (exact) mass is 322 g/mol. The third kappa shape index (κ3) is 11.1. The van der Waals surface area contributed by atoms with Crippen molar-refractivity contribution in [3.63, 3.8) is 0 Å². The van der Waals surface area contributed by atoms with Crippen LogP contribution in [0.1, 0.15) is 6.92 Å². The van der Waals surface area contributed by atoms with E-state index in [9.17, 15) is 18.7 Å². The zero-order valence-corrected chi connectivity index (χ0v) is 11.3. The van der Waals surface area contributed by atoms with Crippen molar-refractivity contribution in [2.75, 3.05) is 13.2 Å². The van der Waals surface area contributed by atoms with Gasteiger partial charge < -0.3 is 24.3 Å². The number of carbonyl (C=O) groups is 2. The number of hydrogen-bond donors (Lipinski definition) is 4. The summed E-state index contributed by atoms with van der Waals surface area (Å²) >= 11 is 0. The maximum absolute atomic E-state index is 11.0. The lowest BCUT2D eigenvalue weighted by atomic mass is 10.4. The van der Waals surface area contributed by atoms with Crippen molar-refractivity contribution >= 4 is 27.2 Å². The van der Waals surface area contributed by atoms with Crippen molar-refractivity contribution in [3.05, 3.63) is 0 Å². The average molecular weight is 322 g/mol. The first-order valence-electron chi connectivity index (χ1n) is 4.48. The van der Waals surface area contributed by atoms with E-state index in [2.05, 4.69) is 13.8 Å². The molecule has 11 nitrogen and oxygen atoms in total. The van der Waals surface area contributed by atoms with Crippen molar-refractivity contribution < 1.29 is 52.1 Å². The van der Waals surface area contributed by atoms with Crippen LogP contribution in [0, 0.1) is 0 Å². The number of carbonyl (C=O) groups excluding carboxylic acids is 2. The standard InChI is InChI=1S/C6H12O11P2/c1-4(7)6(17-19(12,13)14)15-2-5(8)3-16-18(9,10)11/h6H,2-3H2,1H3,(H2,9,10,11)(H2,12,13,14). The Bertz CT molecular complexity index is 419. The van der Waals surface area contributed by atoms with Gasteiger partial charge in [0.1, 0.15) is 13.2 Å². The fraction of sp³-hybridized carbons (Fsp3) is 0.667. The van der Waals surface area contributed by atoms with Crippen LogP contribution in [0.15, 0.2) is 0 Å². The van der Waals surface area contributed by atoms with Gasteiger partial charge in [0, 0.05) is 0 Å². The first-order valence-corrected chi connectivity index (χ1v) is 7.54. The van der Waals surface area contributed by atoms with E-state index in [4.69, 9.17) is 19.6 Å². The van der Waals surface area contributed by atoms with Crippen molar-refractivity contribution in [2.24, 2.45) is 0 Å². The second-order valence-corrected chi connectivity index (χ2v) is 5.58. The SMILES string of the molecule is CC(=O)C(OCC(=O)COP(=O)(O)O)OP(=O)(O)O. The van der Waals surface area contributed by atoms with Gasteiger partial charge in [0.05, 0.1) is 0 Å². The van der Waals surface area contributed by atoms with Crippen LogP contribution in [0.3, 0.4) is 0 Å². The van der Waals surface area contributed by atoms with Crippen LogP contribution in [-0.4, -0.2) is 50.6 Å². The van der Waals surface area contributed by atoms with E-state index in [1.807, 2.05) is 0 Å². The average Bonchev–Trinajstić information content (AvgIpc) is 2.18. The number of Topliss-reactive ketones (excluding diaryl/α,β-unsaturated/α-hetero) is 2. The van der Waals surface area contributed by atoms with Crippen LogP contribution in [0.4, 0.5) is 0 Å². The van der Waals surface area contributed by atoms with Crippen LogP contribution in [0.5, 0.6) is 0 Å². The van der Waals surface area contributed by atoms with E-state index >= 15 is 0 Å². The van der Waals surface area contributed by atoms with Gasteiger partial charge in [0.15, 0.2) is 11.6 Å². The molecule has 0 amide bonds. The van der Waals surface area contributed by atoms with Gasteiger partial charge in [-0.1, -0.05) is 0 Å². The van der Waals surface area contributed by atoms with Crippen LogP contribution in [0.2, 0.25) is 0 Å². The Labute approximate surface area is 107 Å². The first-order chi connectivity index (χ1) is 8.41. The highest BCUT2D eigenvalue weighted by atomic mass is 31.2. The molecule has 0 aromatic rings. The zero-order valence-electron chi connectivity index (χ0n) is 9.53. The molecule has 0 aliphatic heterocycles. The van der Waals surface area contributed by atoms with Crippen LogP contribution < -0.4 is 0 Å². The molecule has 0 aromatic heterocycles. The minimum Gasteiger partial charge on any atom is -0.338 e. The van der Waals surface area contributed by atoms with Crippen molar-refractivity contribution in [2.45, 2.75) is 13.2 Å². The smallest absolute Gasteiger partial charge is 0.338 e. The van der Waals surface area contributed by atoms with Gasteiger partial charge in [-0.05, 0) is 6.92 Å².